The fraction of sp³-hybridized carbons (Fsp3) is 0.458. The zero-order valence-electron chi connectivity index (χ0n) is 21.6. The average Bonchev–Trinajstić information content (AvgIpc) is 2.87. The molecular weight excluding hydrogens is 470 g/mol. The van der Waals surface area contributed by atoms with Crippen LogP contribution in [0.5, 0.6) is 5.75 Å². The number of hydrogen-bond donors (Lipinski definition) is 1. The van der Waals surface area contributed by atoms with E-state index in [1.165, 1.54) is 71.0 Å². The van der Waals surface area contributed by atoms with Gasteiger partial charge in [0.05, 0.1) is 0 Å². The van der Waals surface area contributed by atoms with Crippen LogP contribution in [0.2, 0.25) is 0 Å². The quantitative estimate of drug-likeness (QED) is 0.446. The van der Waals surface area contributed by atoms with Gasteiger partial charge in [-0.3, -0.25) is 14.4 Å². The first-order valence-electron chi connectivity index (χ1n) is 11.2. The molecule has 0 aromatic heterocycles. The lowest BCUT2D eigenvalue weighted by Gasteiger charge is -2.26. The molecule has 1 atom stereocenters. The number of hydrogen-bond acceptors (Lipinski definition) is 7. The van der Waals surface area contributed by atoms with Gasteiger partial charge in [-0.2, -0.15) is 0 Å². The fourth-order valence-corrected chi connectivity index (χ4v) is 2.74. The van der Waals surface area contributed by atoms with Crippen LogP contribution < -0.4 is 10.1 Å². The van der Waals surface area contributed by atoms with Crippen LogP contribution in [0.15, 0.2) is 36.9 Å². The summed E-state index contributed by atoms with van der Waals surface area (Å²) in [5.41, 5.74) is 0.363. The molecule has 1 N–H and O–H groups in total. The number of benzene rings is 1. The second-order valence-corrected chi connectivity index (χ2v) is 8.06. The molecule has 0 bridgehead atoms. The molecule has 0 saturated heterocycles. The second-order valence-electron chi connectivity index (χ2n) is 8.06. The number of carbonyl (C=O) groups excluding carboxylic acids is 5. The van der Waals surface area contributed by atoms with Gasteiger partial charge in [0.2, 0.25) is 17.9 Å². The predicted octanol–water partition coefficient (Wildman–Crippen LogP) is 1.10. The van der Waals surface area contributed by atoms with E-state index < -0.39 is 24.2 Å². The minimum atomic E-state index is -1.26. The molecule has 1 aromatic carbocycles. The van der Waals surface area contributed by atoms with Crippen LogP contribution >= 0.6 is 0 Å². The van der Waals surface area contributed by atoms with Crippen molar-refractivity contribution in [3.63, 3.8) is 0 Å². The largest absolute Gasteiger partial charge is 0.431 e. The van der Waals surface area contributed by atoms with Crippen molar-refractivity contribution in [3.05, 3.63) is 42.5 Å². The summed E-state index contributed by atoms with van der Waals surface area (Å²) in [6.07, 6.45) is -1.50. The lowest BCUT2D eigenvalue weighted by atomic mass is 10.1. The summed E-state index contributed by atoms with van der Waals surface area (Å²) >= 11 is 0. The number of alkyl carbamates (subject to hydrolysis) is 1. The van der Waals surface area contributed by atoms with Crippen molar-refractivity contribution < 1.29 is 33.4 Å². The van der Waals surface area contributed by atoms with E-state index in [0.29, 0.717) is 12.1 Å². The minimum absolute atomic E-state index is 0.113. The van der Waals surface area contributed by atoms with Gasteiger partial charge in [-0.15, -0.1) is 0 Å². The Balaban J connectivity index is 2.89. The van der Waals surface area contributed by atoms with Crippen LogP contribution in [0.4, 0.5) is 9.59 Å². The lowest BCUT2D eigenvalue weighted by molar-refractivity contribution is -0.140. The number of carbonyl (C=O) groups is 5. The Morgan fingerprint density at radius 3 is 1.94 bits per heavy atom. The van der Waals surface area contributed by atoms with Crippen LogP contribution in [-0.4, -0.2) is 111 Å². The van der Waals surface area contributed by atoms with Crippen molar-refractivity contribution in [2.45, 2.75) is 13.0 Å². The summed E-state index contributed by atoms with van der Waals surface area (Å²) in [7, 11) is 7.67. The van der Waals surface area contributed by atoms with E-state index in [1.807, 2.05) is 0 Å². The highest BCUT2D eigenvalue weighted by atomic mass is 16.6. The van der Waals surface area contributed by atoms with Gasteiger partial charge in [-0.05, 0) is 18.2 Å². The number of nitrogens with zero attached hydrogens (tertiary/aromatic N) is 4. The molecule has 12 nitrogen and oxygen atoms in total. The zero-order valence-corrected chi connectivity index (χ0v) is 21.6. The number of nitrogens with one attached hydrogen (secondary N) is 1. The van der Waals surface area contributed by atoms with E-state index >= 15 is 0 Å². The maximum Gasteiger partial charge on any atom is 0.415 e. The molecule has 0 aliphatic rings. The molecule has 198 valence electrons. The van der Waals surface area contributed by atoms with Gasteiger partial charge in [-0.1, -0.05) is 18.7 Å². The Kier molecular flexibility index (Phi) is 11.9. The highest BCUT2D eigenvalue weighted by Crippen LogP contribution is 2.23. The Labute approximate surface area is 211 Å². The molecule has 36 heavy (non-hydrogen) atoms. The molecule has 1 rings (SSSR count). The van der Waals surface area contributed by atoms with Gasteiger partial charge < -0.3 is 34.4 Å². The highest BCUT2D eigenvalue weighted by Gasteiger charge is 2.28. The highest BCUT2D eigenvalue weighted by molar-refractivity contribution is 5.87. The number of likely N-dealkylation sites (N-methyl/N-ethyl adjacent to an activating group) is 4. The van der Waals surface area contributed by atoms with E-state index in [-0.39, 0.29) is 37.2 Å². The normalized spacial score (nSPS) is 10.9. The third kappa shape index (κ3) is 9.28. The smallest absolute Gasteiger partial charge is 0.415 e. The first kappa shape index (κ1) is 29.9. The Morgan fingerprint density at radius 2 is 1.42 bits per heavy atom. The molecule has 0 spiro atoms. The van der Waals surface area contributed by atoms with Crippen LogP contribution in [0.3, 0.4) is 0 Å². The number of ether oxygens (including phenoxy) is 2. The Morgan fingerprint density at radius 1 is 0.889 bits per heavy atom. The summed E-state index contributed by atoms with van der Waals surface area (Å²) in [6, 6.07) is 5.98. The van der Waals surface area contributed by atoms with Gasteiger partial charge in [0, 0.05) is 73.9 Å². The van der Waals surface area contributed by atoms with Crippen LogP contribution in [-0.2, 0) is 19.1 Å². The second kappa shape index (κ2) is 14.3. The Hall–Kier alpha value is -4.09. The molecule has 0 radical (unpaired) electrons. The zero-order chi connectivity index (χ0) is 27.4. The van der Waals surface area contributed by atoms with Crippen molar-refractivity contribution in [1.29, 1.82) is 0 Å². The standard InChI is InChI=1S/C24H35N5O7/c1-8-20(31)27(5)14-15-28(6)22(32)21(36-23(33)25-3)18-9-11-19(12-10-18)35-24(34)29(7)16-13-26(4)17(2)30/h8-12,21H,1,13-16H2,2-7H3,(H,25,33). The summed E-state index contributed by atoms with van der Waals surface area (Å²) in [5.74, 6) is -0.675. The first-order valence-corrected chi connectivity index (χ1v) is 11.2. The van der Waals surface area contributed by atoms with Gasteiger partial charge >= 0.3 is 12.2 Å². The molecule has 5 amide bonds. The van der Waals surface area contributed by atoms with Crippen molar-refractivity contribution >= 4 is 29.9 Å². The molecule has 0 saturated carbocycles. The third-order valence-electron chi connectivity index (χ3n) is 5.36. The van der Waals surface area contributed by atoms with E-state index in [2.05, 4.69) is 11.9 Å². The van der Waals surface area contributed by atoms with Crippen LogP contribution in [0.1, 0.15) is 18.6 Å². The number of amides is 5. The van der Waals surface area contributed by atoms with Crippen molar-refractivity contribution in [1.82, 2.24) is 24.9 Å². The third-order valence-corrected chi connectivity index (χ3v) is 5.36. The van der Waals surface area contributed by atoms with Crippen molar-refractivity contribution in [3.8, 4) is 5.75 Å². The minimum Gasteiger partial charge on any atom is -0.431 e. The van der Waals surface area contributed by atoms with Gasteiger partial charge in [0.15, 0.2) is 0 Å². The molecule has 0 heterocycles. The van der Waals surface area contributed by atoms with E-state index in [9.17, 15) is 24.0 Å². The first-order chi connectivity index (χ1) is 16.9. The summed E-state index contributed by atoms with van der Waals surface area (Å²) in [6.45, 7) is 5.95. The Bertz CT molecular complexity index is 951. The van der Waals surface area contributed by atoms with E-state index in [0.717, 1.165) is 0 Å². The number of rotatable bonds is 11. The SMILES string of the molecule is C=CC(=O)N(C)CCN(C)C(=O)C(OC(=O)NC)c1ccc(OC(=O)N(C)CCN(C)C(C)=O)cc1. The summed E-state index contributed by atoms with van der Waals surface area (Å²) in [5, 5.41) is 2.31. The van der Waals surface area contributed by atoms with Crippen LogP contribution in [0, 0.1) is 0 Å². The van der Waals surface area contributed by atoms with E-state index in [1.54, 1.807) is 21.1 Å². The maximum atomic E-state index is 13.1. The molecule has 0 aliphatic carbocycles. The predicted molar refractivity (Wildman–Crippen MR) is 132 cm³/mol. The molecule has 1 unspecified atom stereocenters. The van der Waals surface area contributed by atoms with E-state index in [4.69, 9.17) is 9.47 Å². The monoisotopic (exact) mass is 505 g/mol. The average molecular weight is 506 g/mol. The summed E-state index contributed by atoms with van der Waals surface area (Å²) < 4.78 is 10.6. The van der Waals surface area contributed by atoms with Crippen LogP contribution in [0.25, 0.3) is 0 Å². The fourth-order valence-electron chi connectivity index (χ4n) is 2.74. The molecule has 1 aromatic rings. The molecule has 0 fully saturated rings. The maximum absolute atomic E-state index is 13.1. The van der Waals surface area contributed by atoms with Gasteiger partial charge in [-0.25, -0.2) is 9.59 Å². The lowest BCUT2D eigenvalue weighted by Crippen LogP contribution is -2.40. The van der Waals surface area contributed by atoms with Gasteiger partial charge in [0.25, 0.3) is 5.91 Å². The van der Waals surface area contributed by atoms with Crippen molar-refractivity contribution in [2.75, 3.05) is 61.4 Å². The topological polar surface area (TPSA) is 129 Å². The summed E-state index contributed by atoms with van der Waals surface area (Å²) in [4.78, 5) is 65.8. The molecule has 0 aliphatic heterocycles. The molecular formula is C24H35N5O7. The molecule has 12 heteroatoms. The van der Waals surface area contributed by atoms with Crippen molar-refractivity contribution in [2.24, 2.45) is 0 Å². The van der Waals surface area contributed by atoms with Gasteiger partial charge in [0.1, 0.15) is 5.75 Å².